The van der Waals surface area contributed by atoms with Crippen LogP contribution in [0.5, 0.6) is 5.75 Å². The number of imide groups is 1. The maximum atomic E-state index is 14.6. The molecule has 3 aromatic carbocycles. The van der Waals surface area contributed by atoms with E-state index in [1.807, 2.05) is 12.1 Å². The lowest BCUT2D eigenvalue weighted by molar-refractivity contribution is -0.134. The zero-order chi connectivity index (χ0) is 27.9. The van der Waals surface area contributed by atoms with Gasteiger partial charge in [-0.15, -0.1) is 0 Å². The van der Waals surface area contributed by atoms with Gasteiger partial charge in [0.1, 0.15) is 30.3 Å². The lowest BCUT2D eigenvalue weighted by Gasteiger charge is -2.30. The summed E-state index contributed by atoms with van der Waals surface area (Å²) in [6.07, 6.45) is 0. The summed E-state index contributed by atoms with van der Waals surface area (Å²) in [5.41, 5.74) is 1.14. The van der Waals surface area contributed by atoms with E-state index in [4.69, 9.17) is 14.7 Å². The SMILES string of the molecule is COCCOc1ccc(C2NC(=O)N([C@H](C(=O)Nc3ccc(C#N)cc3F)[C@@H](C)c3ccccc3)C2=O)cc1. The summed E-state index contributed by atoms with van der Waals surface area (Å²) < 4.78 is 25.1. The van der Waals surface area contributed by atoms with Gasteiger partial charge in [0.05, 0.1) is 23.9 Å². The van der Waals surface area contributed by atoms with Crippen molar-refractivity contribution in [3.63, 3.8) is 0 Å². The highest BCUT2D eigenvalue weighted by atomic mass is 19.1. The van der Waals surface area contributed by atoms with Gasteiger partial charge in [-0.1, -0.05) is 49.4 Å². The van der Waals surface area contributed by atoms with Crippen LogP contribution in [-0.4, -0.2) is 49.1 Å². The topological polar surface area (TPSA) is 121 Å². The van der Waals surface area contributed by atoms with Gasteiger partial charge >= 0.3 is 6.03 Å². The van der Waals surface area contributed by atoms with Gasteiger partial charge in [0.15, 0.2) is 0 Å². The van der Waals surface area contributed by atoms with E-state index >= 15 is 0 Å². The van der Waals surface area contributed by atoms with Crippen molar-refractivity contribution in [2.45, 2.75) is 24.9 Å². The number of hydrogen-bond donors (Lipinski definition) is 2. The fourth-order valence-electron chi connectivity index (χ4n) is 4.38. The summed E-state index contributed by atoms with van der Waals surface area (Å²) in [5, 5.41) is 14.2. The number of hydrogen-bond acceptors (Lipinski definition) is 6. The summed E-state index contributed by atoms with van der Waals surface area (Å²) in [5.74, 6) is -2.23. The van der Waals surface area contributed by atoms with Gasteiger partial charge in [-0.05, 0) is 41.5 Å². The van der Waals surface area contributed by atoms with E-state index in [-0.39, 0.29) is 11.3 Å². The van der Waals surface area contributed by atoms with Gasteiger partial charge in [0.25, 0.3) is 5.91 Å². The molecule has 1 unspecified atom stereocenters. The number of rotatable bonds is 10. The van der Waals surface area contributed by atoms with Gasteiger partial charge < -0.3 is 20.1 Å². The van der Waals surface area contributed by atoms with E-state index in [9.17, 15) is 18.8 Å². The smallest absolute Gasteiger partial charge is 0.325 e. The number of carbonyl (C=O) groups excluding carboxylic acids is 3. The number of carbonyl (C=O) groups is 3. The number of urea groups is 1. The molecule has 3 aromatic rings. The molecule has 0 aliphatic carbocycles. The molecular formula is C29H27FN4O5. The monoisotopic (exact) mass is 530 g/mol. The van der Waals surface area contributed by atoms with Crippen molar-refractivity contribution in [3.05, 3.63) is 95.3 Å². The Morgan fingerprint density at radius 3 is 2.46 bits per heavy atom. The summed E-state index contributed by atoms with van der Waals surface area (Å²) in [4.78, 5) is 41.2. The molecule has 0 spiro atoms. The van der Waals surface area contributed by atoms with E-state index in [0.717, 1.165) is 11.0 Å². The van der Waals surface area contributed by atoms with Gasteiger partial charge in [-0.3, -0.25) is 9.59 Å². The van der Waals surface area contributed by atoms with E-state index < -0.39 is 41.7 Å². The normalized spacial score (nSPS) is 16.3. The Morgan fingerprint density at radius 2 is 1.82 bits per heavy atom. The molecule has 0 bridgehead atoms. The average molecular weight is 531 g/mol. The average Bonchev–Trinajstić information content (AvgIpc) is 3.24. The molecular weight excluding hydrogens is 503 g/mol. The highest BCUT2D eigenvalue weighted by Crippen LogP contribution is 2.32. The molecule has 1 saturated heterocycles. The quantitative estimate of drug-likeness (QED) is 0.300. The molecule has 4 rings (SSSR count). The second-order valence-electron chi connectivity index (χ2n) is 8.94. The summed E-state index contributed by atoms with van der Waals surface area (Å²) in [7, 11) is 1.57. The minimum absolute atomic E-state index is 0.0896. The van der Waals surface area contributed by atoms with Crippen molar-refractivity contribution in [2.75, 3.05) is 25.6 Å². The Kier molecular flexibility index (Phi) is 8.53. The van der Waals surface area contributed by atoms with Crippen LogP contribution in [-0.2, 0) is 14.3 Å². The molecule has 1 fully saturated rings. The lowest BCUT2D eigenvalue weighted by Crippen LogP contribution is -2.50. The van der Waals surface area contributed by atoms with E-state index in [0.29, 0.717) is 30.1 Å². The van der Waals surface area contributed by atoms with Crippen LogP contribution in [0.1, 0.15) is 35.6 Å². The predicted molar refractivity (Wildman–Crippen MR) is 140 cm³/mol. The van der Waals surface area contributed by atoms with E-state index in [1.165, 1.54) is 12.1 Å². The predicted octanol–water partition coefficient (Wildman–Crippen LogP) is 4.13. The molecule has 0 radical (unpaired) electrons. The van der Waals surface area contributed by atoms with Crippen molar-refractivity contribution in [3.8, 4) is 11.8 Å². The molecule has 1 aliphatic heterocycles. The summed E-state index contributed by atoms with van der Waals surface area (Å²) in [6.45, 7) is 2.49. The zero-order valence-electron chi connectivity index (χ0n) is 21.4. The number of halogens is 1. The molecule has 39 heavy (non-hydrogen) atoms. The maximum absolute atomic E-state index is 14.6. The Bertz CT molecular complexity index is 1390. The second kappa shape index (κ2) is 12.2. The minimum atomic E-state index is -1.29. The second-order valence-corrected chi connectivity index (χ2v) is 8.94. The minimum Gasteiger partial charge on any atom is -0.491 e. The van der Waals surface area contributed by atoms with Crippen molar-refractivity contribution < 1.29 is 28.2 Å². The van der Waals surface area contributed by atoms with Crippen LogP contribution in [0.4, 0.5) is 14.9 Å². The number of nitrogens with one attached hydrogen (secondary N) is 2. The molecule has 0 saturated carbocycles. The van der Waals surface area contributed by atoms with Gasteiger partial charge in [0.2, 0.25) is 5.91 Å². The number of benzene rings is 3. The summed E-state index contributed by atoms with van der Waals surface area (Å²) >= 11 is 0. The van der Waals surface area contributed by atoms with Crippen LogP contribution < -0.4 is 15.4 Å². The molecule has 1 heterocycles. The van der Waals surface area contributed by atoms with Crippen molar-refractivity contribution in [2.24, 2.45) is 0 Å². The first-order valence-electron chi connectivity index (χ1n) is 12.2. The standard InChI is InChI=1S/C29H27FN4O5/c1-18(20-6-4-3-5-7-20)26(27(35)32-24-13-8-19(17-31)16-23(24)30)34-28(36)25(33-29(34)37)21-9-11-22(12-10-21)39-15-14-38-2/h3-13,16,18,25-26H,14-15H2,1-2H3,(H,32,35)(H,33,37)/t18-,25?,26-/m0/s1. The Morgan fingerprint density at radius 1 is 1.10 bits per heavy atom. The third kappa shape index (κ3) is 6.05. The number of nitrogens with zero attached hydrogens (tertiary/aromatic N) is 2. The number of anilines is 1. The van der Waals surface area contributed by atoms with Gasteiger partial charge in [-0.25, -0.2) is 14.1 Å². The first kappa shape index (κ1) is 27.3. The molecule has 9 nitrogen and oxygen atoms in total. The number of methoxy groups -OCH3 is 1. The van der Waals surface area contributed by atoms with Crippen molar-refractivity contribution >= 4 is 23.5 Å². The van der Waals surface area contributed by atoms with E-state index in [2.05, 4.69) is 10.6 Å². The molecule has 2 N–H and O–H groups in total. The highest BCUT2D eigenvalue weighted by Gasteiger charge is 2.47. The molecule has 3 atom stereocenters. The number of amides is 4. The van der Waals surface area contributed by atoms with Crippen molar-refractivity contribution in [1.82, 2.24) is 10.2 Å². The van der Waals surface area contributed by atoms with Crippen LogP contribution in [0.3, 0.4) is 0 Å². The first-order chi connectivity index (χ1) is 18.8. The lowest BCUT2D eigenvalue weighted by atomic mass is 9.91. The number of nitriles is 1. The molecule has 4 amide bonds. The van der Waals surface area contributed by atoms with Gasteiger partial charge in [-0.2, -0.15) is 5.26 Å². The van der Waals surface area contributed by atoms with Crippen molar-refractivity contribution in [1.29, 1.82) is 5.26 Å². The maximum Gasteiger partial charge on any atom is 0.325 e. The fourth-order valence-corrected chi connectivity index (χ4v) is 4.38. The van der Waals surface area contributed by atoms with Crippen LogP contribution in [0.2, 0.25) is 0 Å². The Hall–Kier alpha value is -4.75. The van der Waals surface area contributed by atoms with Crippen LogP contribution in [0, 0.1) is 17.1 Å². The molecule has 0 aromatic heterocycles. The Labute approximate surface area is 225 Å². The molecule has 10 heteroatoms. The number of ether oxygens (including phenoxy) is 2. The first-order valence-corrected chi connectivity index (χ1v) is 12.2. The van der Waals surface area contributed by atoms with Crippen LogP contribution >= 0.6 is 0 Å². The molecule has 200 valence electrons. The molecule has 1 aliphatic rings. The largest absolute Gasteiger partial charge is 0.491 e. The third-order valence-corrected chi connectivity index (χ3v) is 6.44. The van der Waals surface area contributed by atoms with E-state index in [1.54, 1.807) is 62.6 Å². The summed E-state index contributed by atoms with van der Waals surface area (Å²) in [6, 6.07) is 18.0. The van der Waals surface area contributed by atoms with Crippen LogP contribution in [0.15, 0.2) is 72.8 Å². The van der Waals surface area contributed by atoms with Gasteiger partial charge in [0, 0.05) is 13.0 Å². The highest BCUT2D eigenvalue weighted by molar-refractivity contribution is 6.10. The third-order valence-electron chi connectivity index (χ3n) is 6.44. The fraction of sp³-hybridized carbons (Fsp3) is 0.241. The van der Waals surface area contributed by atoms with Crippen LogP contribution in [0.25, 0.3) is 0 Å². The zero-order valence-corrected chi connectivity index (χ0v) is 21.4. The Balaban J connectivity index is 1.62.